The predicted octanol–water partition coefficient (Wildman–Crippen LogP) is 4.66. The van der Waals surface area contributed by atoms with Gasteiger partial charge < -0.3 is 9.80 Å². The molecule has 1 aliphatic heterocycles. The van der Waals surface area contributed by atoms with Gasteiger partial charge in [0, 0.05) is 48.7 Å². The number of hydrogen-bond acceptors (Lipinski definition) is 6. The molecule has 0 atom stereocenters. The minimum absolute atomic E-state index is 0.00446. The number of piperazine rings is 1. The van der Waals surface area contributed by atoms with Crippen LogP contribution in [0.15, 0.2) is 57.9 Å². The summed E-state index contributed by atoms with van der Waals surface area (Å²) < 4.78 is 55.9. The summed E-state index contributed by atoms with van der Waals surface area (Å²) in [5.41, 5.74) is -1.26. The predicted molar refractivity (Wildman–Crippen MR) is 141 cm³/mol. The van der Waals surface area contributed by atoms with Crippen molar-refractivity contribution >= 4 is 38.4 Å². The number of amides is 1. The Morgan fingerprint density at radius 1 is 1.10 bits per heavy atom. The zero-order valence-electron chi connectivity index (χ0n) is 20.6. The molecule has 2 aromatic heterocycles. The summed E-state index contributed by atoms with van der Waals surface area (Å²) in [5, 5.41) is 14.5. The number of halogens is 5. The molecule has 0 radical (unpaired) electrons. The quantitative estimate of drug-likeness (QED) is 0.335. The van der Waals surface area contributed by atoms with Crippen molar-refractivity contribution in [2.45, 2.75) is 12.6 Å². The van der Waals surface area contributed by atoms with Crippen LogP contribution in [-0.4, -0.2) is 52.2 Å². The fourth-order valence-electron chi connectivity index (χ4n) is 4.66. The summed E-state index contributed by atoms with van der Waals surface area (Å²) in [5.74, 6) is -0.584. The van der Waals surface area contributed by atoms with Crippen LogP contribution >= 0.6 is 15.9 Å². The van der Waals surface area contributed by atoms with E-state index in [-0.39, 0.29) is 27.5 Å². The largest absolute Gasteiger partial charge is 0.417 e. The molecule has 4 aromatic rings. The maximum absolute atomic E-state index is 14.8. The Hall–Kier alpha value is -4.31. The van der Waals surface area contributed by atoms with Gasteiger partial charge in [0.15, 0.2) is 0 Å². The molecular formula is C27H19BrF4N6O2. The third kappa shape index (κ3) is 5.40. The van der Waals surface area contributed by atoms with Crippen molar-refractivity contribution < 1.29 is 22.4 Å². The Kier molecular flexibility index (Phi) is 7.29. The summed E-state index contributed by atoms with van der Waals surface area (Å²) in [4.78, 5) is 33.3. The summed E-state index contributed by atoms with van der Waals surface area (Å²) in [6.45, 7) is 1.53. The summed E-state index contributed by atoms with van der Waals surface area (Å²) >= 11 is 3.07. The van der Waals surface area contributed by atoms with Crippen LogP contribution in [0.4, 0.5) is 23.4 Å². The second-order valence-corrected chi connectivity index (χ2v) is 10.1. The van der Waals surface area contributed by atoms with Crippen molar-refractivity contribution in [2.24, 2.45) is 0 Å². The second kappa shape index (κ2) is 10.7. The lowest BCUT2D eigenvalue weighted by molar-refractivity contribution is -0.136. The van der Waals surface area contributed by atoms with Crippen molar-refractivity contribution in [1.29, 1.82) is 5.26 Å². The number of aromatic nitrogens is 3. The molecule has 3 heterocycles. The SMILES string of the molecule is N#Cc1ccc(N2CCN(C(=O)c3cc(Cc4n[nH]c(=O)c5c(C(F)(F)F)cc(Br)cc45)ccc3F)CC2)nc1. The van der Waals surface area contributed by atoms with E-state index >= 15 is 0 Å². The van der Waals surface area contributed by atoms with Gasteiger partial charge in [0.2, 0.25) is 0 Å². The van der Waals surface area contributed by atoms with E-state index in [1.54, 1.807) is 12.1 Å². The van der Waals surface area contributed by atoms with E-state index in [0.29, 0.717) is 43.1 Å². The topological polar surface area (TPSA) is 106 Å². The van der Waals surface area contributed by atoms with Gasteiger partial charge in [-0.05, 0) is 42.0 Å². The van der Waals surface area contributed by atoms with Gasteiger partial charge in [-0.25, -0.2) is 14.5 Å². The third-order valence-corrected chi connectivity index (χ3v) is 7.10. The van der Waals surface area contributed by atoms with Gasteiger partial charge in [-0.2, -0.15) is 23.5 Å². The molecule has 0 aliphatic carbocycles. The fourth-order valence-corrected chi connectivity index (χ4v) is 5.12. The lowest BCUT2D eigenvalue weighted by Crippen LogP contribution is -2.49. The van der Waals surface area contributed by atoms with Crippen molar-refractivity contribution in [2.75, 3.05) is 31.1 Å². The zero-order chi connectivity index (χ0) is 28.6. The number of aromatic amines is 1. The van der Waals surface area contributed by atoms with Crippen molar-refractivity contribution in [3.05, 3.63) is 97.3 Å². The van der Waals surface area contributed by atoms with Gasteiger partial charge in [0.25, 0.3) is 11.5 Å². The third-order valence-electron chi connectivity index (χ3n) is 6.64. The van der Waals surface area contributed by atoms with E-state index in [4.69, 9.17) is 5.26 Å². The Bertz CT molecular complexity index is 1710. The zero-order valence-corrected chi connectivity index (χ0v) is 22.2. The van der Waals surface area contributed by atoms with E-state index in [9.17, 15) is 27.2 Å². The number of nitrogens with zero attached hydrogens (tertiary/aromatic N) is 5. The molecule has 0 bridgehead atoms. The molecule has 8 nitrogen and oxygen atoms in total. The maximum Gasteiger partial charge on any atom is 0.417 e. The van der Waals surface area contributed by atoms with Crippen LogP contribution in [0.2, 0.25) is 0 Å². The molecule has 1 N–H and O–H groups in total. The number of carbonyl (C=O) groups is 1. The molecule has 2 aromatic carbocycles. The standard InChI is InChI=1S/C27H19BrF4N6O2/c28-17-11-19-22(35-36-25(39)24(19)20(12-17)27(30,31)32)10-15-1-3-21(29)18(9-15)26(40)38-7-5-37(6-8-38)23-4-2-16(13-33)14-34-23/h1-4,9,11-12,14H,5-8,10H2,(H,36,39). The Morgan fingerprint density at radius 3 is 2.50 bits per heavy atom. The van der Waals surface area contributed by atoms with Crippen LogP contribution in [0.3, 0.4) is 0 Å². The molecular weight excluding hydrogens is 596 g/mol. The Morgan fingerprint density at radius 2 is 1.85 bits per heavy atom. The van der Waals surface area contributed by atoms with Crippen molar-refractivity contribution in [3.8, 4) is 6.07 Å². The first-order valence-electron chi connectivity index (χ1n) is 12.0. The van der Waals surface area contributed by atoms with E-state index < -0.39 is 34.4 Å². The van der Waals surface area contributed by atoms with Gasteiger partial charge in [0.1, 0.15) is 17.7 Å². The summed E-state index contributed by atoms with van der Waals surface area (Å²) in [7, 11) is 0. The summed E-state index contributed by atoms with van der Waals surface area (Å²) in [6.07, 6.45) is -3.36. The average molecular weight is 615 g/mol. The smallest absolute Gasteiger partial charge is 0.353 e. The van der Waals surface area contributed by atoms with Gasteiger partial charge in [0.05, 0.1) is 27.8 Å². The number of anilines is 1. The van der Waals surface area contributed by atoms with Crippen LogP contribution in [0.5, 0.6) is 0 Å². The highest BCUT2D eigenvalue weighted by Crippen LogP contribution is 2.36. The number of pyridine rings is 1. The van der Waals surface area contributed by atoms with Crippen LogP contribution in [0.1, 0.15) is 32.7 Å². The number of nitrogens with one attached hydrogen (secondary N) is 1. The number of rotatable bonds is 4. The first kappa shape index (κ1) is 27.3. The first-order chi connectivity index (χ1) is 19.0. The highest BCUT2D eigenvalue weighted by Gasteiger charge is 2.35. The van der Waals surface area contributed by atoms with E-state index in [1.165, 1.54) is 29.3 Å². The molecule has 0 spiro atoms. The van der Waals surface area contributed by atoms with E-state index in [1.807, 2.05) is 11.0 Å². The molecule has 1 aliphatic rings. The average Bonchev–Trinajstić information content (AvgIpc) is 2.94. The number of H-pyrrole nitrogens is 1. The van der Waals surface area contributed by atoms with Gasteiger partial charge in [-0.1, -0.05) is 22.0 Å². The summed E-state index contributed by atoms with van der Waals surface area (Å²) in [6, 6.07) is 11.5. The lowest BCUT2D eigenvalue weighted by atomic mass is 9.99. The highest BCUT2D eigenvalue weighted by atomic mass is 79.9. The van der Waals surface area contributed by atoms with Gasteiger partial charge >= 0.3 is 6.18 Å². The van der Waals surface area contributed by atoms with Gasteiger partial charge in [-0.3, -0.25) is 9.59 Å². The van der Waals surface area contributed by atoms with Crippen LogP contribution in [-0.2, 0) is 12.6 Å². The Labute approximate surface area is 233 Å². The van der Waals surface area contributed by atoms with Crippen LogP contribution < -0.4 is 10.5 Å². The maximum atomic E-state index is 14.8. The van der Waals surface area contributed by atoms with Crippen molar-refractivity contribution in [1.82, 2.24) is 20.1 Å². The first-order valence-corrected chi connectivity index (χ1v) is 12.8. The molecule has 1 amide bonds. The minimum atomic E-state index is -4.77. The Balaban J connectivity index is 1.38. The monoisotopic (exact) mass is 614 g/mol. The number of alkyl halides is 3. The number of nitriles is 1. The highest BCUT2D eigenvalue weighted by molar-refractivity contribution is 9.10. The molecule has 40 heavy (non-hydrogen) atoms. The van der Waals surface area contributed by atoms with E-state index in [2.05, 4.69) is 31.1 Å². The van der Waals surface area contributed by atoms with Crippen LogP contribution in [0, 0.1) is 17.1 Å². The van der Waals surface area contributed by atoms with Crippen LogP contribution in [0.25, 0.3) is 10.8 Å². The molecule has 1 fully saturated rings. The number of benzene rings is 2. The second-order valence-electron chi connectivity index (χ2n) is 9.16. The number of carbonyl (C=O) groups excluding carboxylic acids is 1. The number of fused-ring (bicyclic) bond motifs is 1. The van der Waals surface area contributed by atoms with E-state index in [0.717, 1.165) is 12.1 Å². The normalized spacial score (nSPS) is 13.9. The fraction of sp³-hybridized carbons (Fsp3) is 0.222. The number of hydrogen-bond donors (Lipinski definition) is 1. The lowest BCUT2D eigenvalue weighted by Gasteiger charge is -2.35. The van der Waals surface area contributed by atoms with Crippen molar-refractivity contribution in [3.63, 3.8) is 0 Å². The molecule has 0 unspecified atom stereocenters. The molecule has 1 saturated heterocycles. The molecule has 0 saturated carbocycles. The van der Waals surface area contributed by atoms with Gasteiger partial charge in [-0.15, -0.1) is 0 Å². The molecule has 13 heteroatoms. The minimum Gasteiger partial charge on any atom is -0.353 e. The molecule has 204 valence electrons. The molecule has 5 rings (SSSR count).